The van der Waals surface area contributed by atoms with E-state index in [-0.39, 0.29) is 18.4 Å². The summed E-state index contributed by atoms with van der Waals surface area (Å²) in [5.41, 5.74) is 0.585. The van der Waals surface area contributed by atoms with Crippen molar-refractivity contribution in [1.82, 2.24) is 10.2 Å². The van der Waals surface area contributed by atoms with Gasteiger partial charge in [0.25, 0.3) is 11.8 Å². The average molecular weight is 437 g/mol. The smallest absolute Gasteiger partial charge is 0.267 e. The van der Waals surface area contributed by atoms with Gasteiger partial charge in [-0.2, -0.15) is 0 Å². The van der Waals surface area contributed by atoms with Crippen molar-refractivity contribution in [3.63, 3.8) is 0 Å². The summed E-state index contributed by atoms with van der Waals surface area (Å²) in [4.78, 5) is 27.2. The number of benzene rings is 2. The van der Waals surface area contributed by atoms with Gasteiger partial charge in [0.1, 0.15) is 12.4 Å². The number of nitrogens with zero attached hydrogens (tertiary/aromatic N) is 1. The van der Waals surface area contributed by atoms with E-state index in [1.165, 1.54) is 0 Å². The summed E-state index contributed by atoms with van der Waals surface area (Å²) in [6, 6.07) is 15.1. The molecule has 0 aromatic heterocycles. The van der Waals surface area contributed by atoms with E-state index in [1.54, 1.807) is 6.07 Å². The van der Waals surface area contributed by atoms with Gasteiger partial charge in [-0.25, -0.2) is 0 Å². The summed E-state index contributed by atoms with van der Waals surface area (Å²) in [7, 11) is 0. The molecule has 0 bridgehead atoms. The van der Waals surface area contributed by atoms with Gasteiger partial charge in [0.2, 0.25) is 6.10 Å². The van der Waals surface area contributed by atoms with Crippen LogP contribution in [0.25, 0.3) is 0 Å². The third kappa shape index (κ3) is 4.66. The largest absolute Gasteiger partial charge is 0.492 e. The second-order valence-corrected chi connectivity index (χ2v) is 8.69. The lowest BCUT2D eigenvalue weighted by Gasteiger charge is -2.35. The third-order valence-electron chi connectivity index (χ3n) is 6.23. The average Bonchev–Trinajstić information content (AvgIpc) is 3.66. The van der Waals surface area contributed by atoms with Gasteiger partial charge in [-0.05, 0) is 55.9 Å². The lowest BCUT2D eigenvalue weighted by Crippen LogP contribution is -2.49. The van der Waals surface area contributed by atoms with Crippen molar-refractivity contribution >= 4 is 11.8 Å². The van der Waals surface area contributed by atoms with Crippen molar-refractivity contribution < 1.29 is 23.8 Å². The molecule has 168 valence electrons. The molecule has 2 aromatic carbocycles. The van der Waals surface area contributed by atoms with Crippen LogP contribution >= 0.6 is 0 Å². The number of likely N-dealkylation sites (tertiary alicyclic amines) is 1. The van der Waals surface area contributed by atoms with Crippen molar-refractivity contribution in [3.8, 4) is 17.2 Å². The Bertz CT molecular complexity index is 982. The fraction of sp³-hybridized carbons (Fsp3) is 0.440. The van der Waals surface area contributed by atoms with Gasteiger partial charge in [0.15, 0.2) is 11.5 Å². The van der Waals surface area contributed by atoms with E-state index in [4.69, 9.17) is 14.2 Å². The Morgan fingerprint density at radius 3 is 2.47 bits per heavy atom. The van der Waals surface area contributed by atoms with Crippen LogP contribution in [0.4, 0.5) is 0 Å². The highest BCUT2D eigenvalue weighted by molar-refractivity contribution is 5.97. The molecule has 5 rings (SSSR count). The van der Waals surface area contributed by atoms with Crippen LogP contribution in [0.2, 0.25) is 0 Å². The summed E-state index contributed by atoms with van der Waals surface area (Å²) >= 11 is 0. The highest BCUT2D eigenvalue weighted by Gasteiger charge is 2.33. The van der Waals surface area contributed by atoms with Gasteiger partial charge in [0.05, 0.1) is 12.2 Å². The summed E-state index contributed by atoms with van der Waals surface area (Å²) in [6.07, 6.45) is 3.21. The summed E-state index contributed by atoms with van der Waals surface area (Å²) in [5.74, 6) is 2.16. The number of fused-ring (bicyclic) bond motifs is 1. The molecule has 3 aliphatic rings. The Hall–Kier alpha value is -3.22. The minimum Gasteiger partial charge on any atom is -0.492 e. The molecule has 1 saturated heterocycles. The first-order valence-corrected chi connectivity index (χ1v) is 11.4. The van der Waals surface area contributed by atoms with Gasteiger partial charge in [-0.1, -0.05) is 24.3 Å². The zero-order valence-corrected chi connectivity index (χ0v) is 18.0. The molecule has 1 aliphatic carbocycles. The fourth-order valence-corrected chi connectivity index (χ4v) is 4.14. The Morgan fingerprint density at radius 2 is 1.69 bits per heavy atom. The van der Waals surface area contributed by atoms with Crippen LogP contribution < -0.4 is 19.5 Å². The second-order valence-electron chi connectivity index (χ2n) is 8.69. The maximum Gasteiger partial charge on any atom is 0.267 e. The number of carbonyl (C=O) groups excluding carboxylic acids is 2. The predicted molar refractivity (Wildman–Crippen MR) is 118 cm³/mol. The minimum absolute atomic E-state index is 0.0269. The van der Waals surface area contributed by atoms with Gasteiger partial charge >= 0.3 is 0 Å². The number of rotatable bonds is 6. The van der Waals surface area contributed by atoms with Crippen LogP contribution in [0.15, 0.2) is 48.5 Å². The van der Waals surface area contributed by atoms with Gasteiger partial charge in [-0.3, -0.25) is 9.59 Å². The zero-order chi connectivity index (χ0) is 21.9. The first-order valence-electron chi connectivity index (χ1n) is 11.4. The molecule has 2 amide bonds. The number of piperidine rings is 1. The Balaban J connectivity index is 1.11. The number of nitrogens with one attached hydrogen (secondary N) is 1. The predicted octanol–water partition coefficient (Wildman–Crippen LogP) is 3.04. The highest BCUT2D eigenvalue weighted by Crippen LogP contribution is 2.32. The van der Waals surface area contributed by atoms with Gasteiger partial charge in [0, 0.05) is 19.1 Å². The number of hydrogen-bond donors (Lipinski definition) is 1. The van der Waals surface area contributed by atoms with Gasteiger partial charge in [-0.15, -0.1) is 0 Å². The molecule has 2 aliphatic heterocycles. The van der Waals surface area contributed by atoms with Crippen molar-refractivity contribution in [2.45, 2.75) is 37.8 Å². The molecule has 7 heteroatoms. The van der Waals surface area contributed by atoms with Crippen LogP contribution in [0.3, 0.4) is 0 Å². The van der Waals surface area contributed by atoms with Crippen molar-refractivity contribution in [2.24, 2.45) is 5.92 Å². The minimum atomic E-state index is -0.602. The van der Waals surface area contributed by atoms with Crippen LogP contribution in [-0.4, -0.2) is 55.2 Å². The summed E-state index contributed by atoms with van der Waals surface area (Å²) in [6.45, 7) is 2.10. The van der Waals surface area contributed by atoms with Gasteiger partial charge < -0.3 is 24.4 Å². The number of amides is 2. The molecule has 32 heavy (non-hydrogen) atoms. The van der Waals surface area contributed by atoms with E-state index in [1.807, 2.05) is 47.4 Å². The van der Waals surface area contributed by atoms with Crippen LogP contribution in [0.1, 0.15) is 36.0 Å². The number of para-hydroxylation sites is 3. The quantitative estimate of drug-likeness (QED) is 0.753. The Kier molecular flexibility index (Phi) is 5.88. The molecule has 7 nitrogen and oxygen atoms in total. The van der Waals surface area contributed by atoms with E-state index in [9.17, 15) is 9.59 Å². The normalized spacial score (nSPS) is 20.5. The molecule has 0 radical (unpaired) electrons. The molecule has 0 unspecified atom stereocenters. The molecular formula is C25H28N2O5. The van der Waals surface area contributed by atoms with Crippen molar-refractivity contribution in [1.29, 1.82) is 0 Å². The SMILES string of the molecule is O=C(NC1CC1)c1ccccc1OCC1CCN(C(=O)[C@@H]2COc3ccccc3O2)CC1. The fourth-order valence-electron chi connectivity index (χ4n) is 4.14. The second kappa shape index (κ2) is 9.10. The van der Waals surface area contributed by atoms with E-state index in [0.29, 0.717) is 54.5 Å². The molecule has 0 spiro atoms. The molecular weight excluding hydrogens is 408 g/mol. The third-order valence-corrected chi connectivity index (χ3v) is 6.23. The lowest BCUT2D eigenvalue weighted by atomic mass is 9.97. The highest BCUT2D eigenvalue weighted by atomic mass is 16.6. The lowest BCUT2D eigenvalue weighted by molar-refractivity contribution is -0.142. The Morgan fingerprint density at radius 1 is 0.969 bits per heavy atom. The monoisotopic (exact) mass is 436 g/mol. The Labute approximate surface area is 187 Å². The molecule has 1 saturated carbocycles. The first kappa shape index (κ1) is 20.7. The number of hydrogen-bond acceptors (Lipinski definition) is 5. The molecule has 2 aromatic rings. The van der Waals surface area contributed by atoms with E-state index in [2.05, 4.69) is 5.32 Å². The van der Waals surface area contributed by atoms with Crippen LogP contribution in [-0.2, 0) is 4.79 Å². The maximum absolute atomic E-state index is 12.9. The zero-order valence-electron chi connectivity index (χ0n) is 18.0. The van der Waals surface area contributed by atoms with Crippen LogP contribution in [0, 0.1) is 5.92 Å². The number of ether oxygens (including phenoxy) is 3. The number of carbonyl (C=O) groups is 2. The van der Waals surface area contributed by atoms with E-state index >= 15 is 0 Å². The van der Waals surface area contributed by atoms with Crippen LogP contribution in [0.5, 0.6) is 17.2 Å². The summed E-state index contributed by atoms with van der Waals surface area (Å²) < 4.78 is 17.6. The van der Waals surface area contributed by atoms with E-state index in [0.717, 1.165) is 25.7 Å². The molecule has 1 N–H and O–H groups in total. The van der Waals surface area contributed by atoms with Crippen molar-refractivity contribution in [3.05, 3.63) is 54.1 Å². The summed E-state index contributed by atoms with van der Waals surface area (Å²) in [5, 5.41) is 3.02. The molecule has 2 fully saturated rings. The standard InChI is InChI=1S/C25H28N2O5/c28-24(26-18-9-10-18)19-5-1-2-6-20(19)30-15-17-11-13-27(14-12-17)25(29)23-16-31-21-7-3-4-8-22(21)32-23/h1-8,17-18,23H,9-16H2,(H,26,28)/t23-/m0/s1. The van der Waals surface area contributed by atoms with E-state index < -0.39 is 6.10 Å². The van der Waals surface area contributed by atoms with Crippen molar-refractivity contribution in [2.75, 3.05) is 26.3 Å². The first-order chi connectivity index (χ1) is 15.7. The maximum atomic E-state index is 12.9. The molecule has 1 atom stereocenters. The molecule has 2 heterocycles. The topological polar surface area (TPSA) is 77.1 Å².